The number of carbonyl (C=O) groups is 6. The van der Waals surface area contributed by atoms with Crippen LogP contribution in [-0.4, -0.2) is 75.3 Å². The number of nitrogens with one attached hydrogen (secondary N) is 6. The minimum atomic E-state index is -1.01. The second-order valence-electron chi connectivity index (χ2n) is 36.9. The Hall–Kier alpha value is -14.5. The van der Waals surface area contributed by atoms with E-state index in [-0.39, 0.29) is 40.5 Å². The maximum atomic E-state index is 13.7. The Morgan fingerprint density at radius 3 is 0.831 bits per heavy atom. The van der Waals surface area contributed by atoms with Crippen LogP contribution in [0, 0.1) is 89.3 Å². The van der Waals surface area contributed by atoms with Crippen LogP contribution in [0.15, 0.2) is 207 Å². The average Bonchev–Trinajstić information content (AvgIpc) is 1.67. The van der Waals surface area contributed by atoms with Crippen LogP contribution in [0.4, 0.5) is 61.2 Å². The van der Waals surface area contributed by atoms with E-state index in [1.54, 1.807) is 72.1 Å². The Balaban J connectivity index is 0.000000116. The van der Waals surface area contributed by atoms with Crippen molar-refractivity contribution in [3.8, 4) is 66.9 Å². The van der Waals surface area contributed by atoms with Crippen LogP contribution in [0.3, 0.4) is 0 Å². The zero-order valence-corrected chi connectivity index (χ0v) is 87.6. The Kier molecular flexibility index (Phi) is 32.3. The lowest BCUT2D eigenvalue weighted by Crippen LogP contribution is -2.18. The number of fused-ring (bicyclic) bond motifs is 6. The number of anilines is 6. The molecule has 32 heteroatoms. The number of nitrogens with zero attached hydrogens (tertiary/aromatic N) is 8. The van der Waals surface area contributed by atoms with Gasteiger partial charge in [0.15, 0.2) is 17.5 Å². The van der Waals surface area contributed by atoms with E-state index >= 15 is 0 Å². The molecule has 20 nitrogen and oxygen atoms in total. The molecule has 0 saturated heterocycles. The SMILES string of the molecule is Cc1ccccc1C(=O)Nc1ccc(-c2c(C)sc3c2CCC3)cn1.Cc1sc2c(c1-c1ccc(NC(=O)C(C)C)nc1)CCC2.Cc1sc2c(c1-c1ccc(NC(=O)c3c(F)cccc3F)nc1)CCC2.Cc1sc2c(c1-c1ccc(NC(=O)c3c(F)cncc3F)nc1)CCC2.Cc1sc2c(c1-c1ccc(NC(=O)c3ccccc3F)nc1)CCC2.Cc1sc2c(c1-c1cnc(NC(=O)c3ccccc3F)cn1)CCC2. The van der Waals surface area contributed by atoms with Gasteiger partial charge >= 0.3 is 0 Å². The Labute approximate surface area is 877 Å². The number of carbonyl (C=O) groups excluding carboxylic acids is 6. The third-order valence-corrected chi connectivity index (χ3v) is 33.9. The molecule has 6 amide bonds. The van der Waals surface area contributed by atoms with Gasteiger partial charge in [-0.2, -0.15) is 0 Å². The molecular formula is C116H104F6N14O6S6. The minimum Gasteiger partial charge on any atom is -0.310 e. The largest absolute Gasteiger partial charge is 0.310 e. The fourth-order valence-electron chi connectivity index (χ4n) is 19.7. The van der Waals surface area contributed by atoms with E-state index in [2.05, 4.69) is 125 Å². The number of hydrogen-bond acceptors (Lipinski definition) is 20. The summed E-state index contributed by atoms with van der Waals surface area (Å²) in [6.07, 6.45) is 34.7. The van der Waals surface area contributed by atoms with E-state index in [4.69, 9.17) is 0 Å². The summed E-state index contributed by atoms with van der Waals surface area (Å²) in [5.74, 6) is -5.42. The molecule has 148 heavy (non-hydrogen) atoms. The van der Waals surface area contributed by atoms with Crippen LogP contribution < -0.4 is 31.9 Å². The van der Waals surface area contributed by atoms with Crippen molar-refractivity contribution < 1.29 is 55.1 Å². The monoisotopic (exact) mass is 2090 g/mol. The number of rotatable bonds is 18. The lowest BCUT2D eigenvalue weighted by molar-refractivity contribution is -0.118. The summed E-state index contributed by atoms with van der Waals surface area (Å²) in [6, 6.07) is 41.4. The van der Waals surface area contributed by atoms with Gasteiger partial charge < -0.3 is 31.9 Å². The predicted molar refractivity (Wildman–Crippen MR) is 581 cm³/mol. The number of benzene rings is 4. The summed E-state index contributed by atoms with van der Waals surface area (Å²) in [6.45, 7) is 18.5. The number of thiophene rings is 6. The first kappa shape index (κ1) is 103. The van der Waals surface area contributed by atoms with Crippen molar-refractivity contribution in [1.82, 2.24) is 39.9 Å². The molecule has 6 aliphatic carbocycles. The Morgan fingerprint density at radius 2 is 0.527 bits per heavy atom. The molecule has 13 aromatic heterocycles. The summed E-state index contributed by atoms with van der Waals surface area (Å²) in [5.41, 5.74) is 22.8. The van der Waals surface area contributed by atoms with Crippen LogP contribution in [0.1, 0.15) is 202 Å². The zero-order valence-electron chi connectivity index (χ0n) is 82.7. The van der Waals surface area contributed by atoms with Crippen molar-refractivity contribution in [3.05, 3.63) is 368 Å². The highest BCUT2D eigenvalue weighted by Gasteiger charge is 2.31. The number of amides is 6. The highest BCUT2D eigenvalue weighted by atomic mass is 32.1. The molecule has 17 aromatic rings. The van der Waals surface area contributed by atoms with E-state index < -0.39 is 69.7 Å². The van der Waals surface area contributed by atoms with Crippen molar-refractivity contribution in [1.29, 1.82) is 0 Å². The molecule has 0 bridgehead atoms. The first-order valence-corrected chi connectivity index (χ1v) is 53.9. The fourth-order valence-corrected chi connectivity index (χ4v) is 27.4. The molecule has 6 N–H and O–H groups in total. The smallest absolute Gasteiger partial charge is 0.262 e. The van der Waals surface area contributed by atoms with Gasteiger partial charge in [-0.1, -0.05) is 62.4 Å². The van der Waals surface area contributed by atoms with Crippen LogP contribution in [0.5, 0.6) is 0 Å². The van der Waals surface area contributed by atoms with Gasteiger partial charge in [-0.3, -0.25) is 38.7 Å². The van der Waals surface area contributed by atoms with Crippen molar-refractivity contribution in [3.63, 3.8) is 0 Å². The molecule has 0 atom stereocenters. The average molecular weight is 2100 g/mol. The predicted octanol–water partition coefficient (Wildman–Crippen LogP) is 28.4. The van der Waals surface area contributed by atoms with E-state index in [1.165, 1.54) is 228 Å². The third kappa shape index (κ3) is 23.2. The van der Waals surface area contributed by atoms with E-state index in [0.29, 0.717) is 28.8 Å². The van der Waals surface area contributed by atoms with E-state index in [0.717, 1.165) is 109 Å². The van der Waals surface area contributed by atoms with Crippen LogP contribution in [0.25, 0.3) is 66.9 Å². The fraction of sp³-hybridized carbons (Fsp3) is 0.241. The van der Waals surface area contributed by atoms with Gasteiger partial charge in [0.05, 0.1) is 41.6 Å². The lowest BCUT2D eigenvalue weighted by atomic mass is 10.0. The van der Waals surface area contributed by atoms with Crippen molar-refractivity contribution >= 4 is 138 Å². The number of halogens is 6. The summed E-state index contributed by atoms with van der Waals surface area (Å²) in [7, 11) is 0. The highest BCUT2D eigenvalue weighted by molar-refractivity contribution is 7.14. The maximum absolute atomic E-state index is 13.7. The third-order valence-electron chi connectivity index (χ3n) is 26.6. The Bertz CT molecular complexity index is 7300. The van der Waals surface area contributed by atoms with Crippen LogP contribution in [0.2, 0.25) is 0 Å². The van der Waals surface area contributed by atoms with Gasteiger partial charge in [0.2, 0.25) is 5.91 Å². The maximum Gasteiger partial charge on any atom is 0.262 e. The molecule has 13 heterocycles. The number of aryl methyl sites for hydroxylation is 13. The van der Waals surface area contributed by atoms with Crippen molar-refractivity contribution in [2.24, 2.45) is 5.92 Å². The first-order chi connectivity index (χ1) is 71.5. The lowest BCUT2D eigenvalue weighted by Gasteiger charge is -2.08. The molecule has 0 fully saturated rings. The van der Waals surface area contributed by atoms with E-state index in [1.807, 2.05) is 156 Å². The summed E-state index contributed by atoms with van der Waals surface area (Å²) in [5, 5.41) is 15.8. The second-order valence-corrected chi connectivity index (χ2v) is 44.8. The van der Waals surface area contributed by atoms with Gasteiger partial charge in [0.1, 0.15) is 63.5 Å². The summed E-state index contributed by atoms with van der Waals surface area (Å²) >= 11 is 11.2. The van der Waals surface area contributed by atoms with Gasteiger partial charge in [-0.05, 0) is 306 Å². The first-order valence-electron chi connectivity index (χ1n) is 49.0. The summed E-state index contributed by atoms with van der Waals surface area (Å²) < 4.78 is 82.0. The topological polar surface area (TPSA) is 278 Å². The Morgan fingerprint density at radius 1 is 0.257 bits per heavy atom. The van der Waals surface area contributed by atoms with Gasteiger partial charge in [0.25, 0.3) is 29.5 Å². The van der Waals surface area contributed by atoms with Crippen molar-refractivity contribution in [2.45, 2.75) is 178 Å². The molecule has 0 aliphatic heterocycles. The van der Waals surface area contributed by atoms with Gasteiger partial charge in [0, 0.05) is 162 Å². The molecule has 6 aliphatic rings. The normalized spacial score (nSPS) is 13.0. The molecule has 752 valence electrons. The molecule has 0 saturated carbocycles. The molecular weight excluding hydrogens is 1990 g/mol. The highest BCUT2D eigenvalue weighted by Crippen LogP contribution is 2.48. The standard InChI is InChI=1S/C21H20N2OS.C20H16F2N2OS.C20H17FN2OS.C19H15F2N3OS.C19H16FN3OS.C17H20N2OS/c1-13-6-3-4-7-16(13)21(24)23-19-11-10-15(12-22-19)20-14(2)25-18-9-5-8-17(18)20;1-11-18(13-4-2-7-16(13)26-11)12-8-9-17(23-10-12)24-20(25)19-14(21)5-3-6-15(19)22;1-12-19(15-6-4-8-17(15)25-12)13-9-10-18(22-11-13)23-20(24)14-5-2-3-7-16(14)21;1-10-17(12-3-2-4-15(12)26-10)11-5-6-16(23-7-11)24-19(25)18-13(20)8-22-9-14(18)21;1-11-18(13-6-4-8-16(13)25-11)15-9-22-17(10-21-15)23-19(24)12-5-2-3-7-14(12)20;1-10(2)17(20)19-15-8-7-12(9-18-15)16-11(3)21-14-6-4-5-13(14)16/h3-4,6-7,10-12H,5,8-9H2,1-2H3,(H,22,23,24);3,5-6,8-10H,2,4,7H2,1H3,(H,23,24,25);2-3,5,7,9-11H,4,6,8H2,1H3,(H,22,23,24);5-9H,2-4H2,1H3,(H,23,24,25);2-3,5,7,9-10H,4,6,8H2,1H3,(H,22,23,24);7-10H,4-6H2,1-3H3,(H,18,19,20). The number of pyridine rings is 6. The number of aromatic nitrogens is 8. The molecule has 0 spiro atoms. The van der Waals surface area contributed by atoms with Crippen LogP contribution >= 0.6 is 68.0 Å². The van der Waals surface area contributed by atoms with Crippen LogP contribution in [-0.2, 0) is 81.8 Å². The van der Waals surface area contributed by atoms with E-state index in [9.17, 15) is 55.1 Å². The molecule has 0 radical (unpaired) electrons. The summed E-state index contributed by atoms with van der Waals surface area (Å²) in [4.78, 5) is 123. The second kappa shape index (κ2) is 46.3. The van der Waals surface area contributed by atoms with Gasteiger partial charge in [-0.25, -0.2) is 56.2 Å². The van der Waals surface area contributed by atoms with Gasteiger partial charge in [-0.15, -0.1) is 68.0 Å². The molecule has 0 unspecified atom stereocenters. The number of hydrogen-bond donors (Lipinski definition) is 6. The quantitative estimate of drug-likeness (QED) is 0.0436. The molecule has 4 aromatic carbocycles. The molecule has 23 rings (SSSR count). The minimum absolute atomic E-state index is 0.00264. The zero-order chi connectivity index (χ0) is 104. The van der Waals surface area contributed by atoms with Crippen molar-refractivity contribution in [2.75, 3.05) is 31.9 Å².